The van der Waals surface area contributed by atoms with Gasteiger partial charge < -0.3 is 10.5 Å². The summed E-state index contributed by atoms with van der Waals surface area (Å²) in [5.41, 5.74) is 8.57. The van der Waals surface area contributed by atoms with E-state index in [1.54, 1.807) is 0 Å². The van der Waals surface area contributed by atoms with Gasteiger partial charge in [0.2, 0.25) is 0 Å². The summed E-state index contributed by atoms with van der Waals surface area (Å²) in [5, 5.41) is 0. The van der Waals surface area contributed by atoms with Crippen LogP contribution < -0.4 is 5.73 Å². The van der Waals surface area contributed by atoms with Crippen LogP contribution in [0.2, 0.25) is 0 Å². The number of ether oxygens (including phenoxy) is 1. The topological polar surface area (TPSA) is 35.2 Å². The van der Waals surface area contributed by atoms with Crippen LogP contribution >= 0.6 is 0 Å². The van der Waals surface area contributed by atoms with Crippen LogP contribution in [0.5, 0.6) is 0 Å². The van der Waals surface area contributed by atoms with Crippen molar-refractivity contribution in [1.82, 2.24) is 0 Å². The second kappa shape index (κ2) is 6.18. The van der Waals surface area contributed by atoms with Crippen LogP contribution in [0.25, 0.3) is 0 Å². The Balaban J connectivity index is 1.89. The molecule has 1 saturated heterocycles. The fourth-order valence-electron chi connectivity index (χ4n) is 2.52. The third kappa shape index (κ3) is 3.55. The lowest BCUT2D eigenvalue weighted by atomic mass is 9.92. The summed E-state index contributed by atoms with van der Waals surface area (Å²) in [6.07, 6.45) is 5.22. The van der Waals surface area contributed by atoms with Gasteiger partial charge in [-0.05, 0) is 50.6 Å². The summed E-state index contributed by atoms with van der Waals surface area (Å²) in [6.45, 7) is 3.80. The molecule has 17 heavy (non-hydrogen) atoms. The summed E-state index contributed by atoms with van der Waals surface area (Å²) < 4.78 is 5.66. The van der Waals surface area contributed by atoms with Crippen LogP contribution in [0, 0.1) is 6.92 Å². The molecule has 2 atom stereocenters. The molecule has 1 aromatic rings. The van der Waals surface area contributed by atoms with E-state index in [2.05, 4.69) is 31.2 Å². The molecule has 0 radical (unpaired) electrons. The molecular formula is C15H23NO. The molecular weight excluding hydrogens is 210 g/mol. The highest BCUT2D eigenvalue weighted by atomic mass is 16.5. The maximum atomic E-state index is 5.89. The standard InChI is InChI=1S/C15H23NO/c1-12-4-6-13(7-5-12)14(11-16)8-9-15-3-2-10-17-15/h4-7,14-15H,2-3,8-11,16H2,1H3. The largest absolute Gasteiger partial charge is 0.378 e. The predicted molar refractivity (Wildman–Crippen MR) is 71.2 cm³/mol. The first-order valence-corrected chi connectivity index (χ1v) is 6.68. The molecule has 1 fully saturated rings. The summed E-state index contributed by atoms with van der Waals surface area (Å²) >= 11 is 0. The first kappa shape index (κ1) is 12.6. The van der Waals surface area contributed by atoms with Crippen molar-refractivity contribution in [2.75, 3.05) is 13.2 Å². The number of nitrogens with two attached hydrogens (primary N) is 1. The van der Waals surface area contributed by atoms with E-state index in [1.165, 1.54) is 24.0 Å². The number of benzene rings is 1. The number of rotatable bonds is 5. The Labute approximate surface area is 104 Å². The minimum atomic E-state index is 0.481. The van der Waals surface area contributed by atoms with Gasteiger partial charge in [0.05, 0.1) is 6.10 Å². The van der Waals surface area contributed by atoms with Crippen molar-refractivity contribution in [3.63, 3.8) is 0 Å². The number of hydrogen-bond acceptors (Lipinski definition) is 2. The summed E-state index contributed by atoms with van der Waals surface area (Å²) in [4.78, 5) is 0. The lowest BCUT2D eigenvalue weighted by Gasteiger charge is -2.17. The van der Waals surface area contributed by atoms with Crippen LogP contribution in [0.1, 0.15) is 42.7 Å². The minimum Gasteiger partial charge on any atom is -0.378 e. The summed E-state index contributed by atoms with van der Waals surface area (Å²) in [7, 11) is 0. The quantitative estimate of drug-likeness (QED) is 0.848. The molecule has 2 nitrogen and oxygen atoms in total. The molecule has 0 spiro atoms. The van der Waals surface area contributed by atoms with Crippen molar-refractivity contribution < 1.29 is 4.74 Å². The van der Waals surface area contributed by atoms with E-state index < -0.39 is 0 Å². The lowest BCUT2D eigenvalue weighted by molar-refractivity contribution is 0.101. The molecule has 2 unspecified atom stereocenters. The van der Waals surface area contributed by atoms with Crippen molar-refractivity contribution in [2.24, 2.45) is 5.73 Å². The van der Waals surface area contributed by atoms with Crippen LogP contribution in [0.15, 0.2) is 24.3 Å². The fourth-order valence-corrected chi connectivity index (χ4v) is 2.52. The molecule has 1 aliphatic heterocycles. The third-order valence-electron chi connectivity index (χ3n) is 3.69. The molecule has 2 heteroatoms. The van der Waals surface area contributed by atoms with Crippen molar-refractivity contribution in [3.05, 3.63) is 35.4 Å². The molecule has 1 aromatic carbocycles. The zero-order valence-electron chi connectivity index (χ0n) is 10.7. The van der Waals surface area contributed by atoms with E-state index in [0.29, 0.717) is 12.0 Å². The third-order valence-corrected chi connectivity index (χ3v) is 3.69. The summed E-state index contributed by atoms with van der Waals surface area (Å²) in [5.74, 6) is 0.486. The van der Waals surface area contributed by atoms with Gasteiger partial charge in [0, 0.05) is 6.61 Å². The van der Waals surface area contributed by atoms with Gasteiger partial charge in [-0.1, -0.05) is 29.8 Å². The van der Waals surface area contributed by atoms with E-state index in [1.807, 2.05) is 0 Å². The van der Waals surface area contributed by atoms with Crippen LogP contribution in [-0.4, -0.2) is 19.3 Å². The van der Waals surface area contributed by atoms with Gasteiger partial charge in [-0.15, -0.1) is 0 Å². The summed E-state index contributed by atoms with van der Waals surface area (Å²) in [6, 6.07) is 8.76. The fraction of sp³-hybridized carbons (Fsp3) is 0.600. The highest BCUT2D eigenvalue weighted by Crippen LogP contribution is 2.25. The number of aryl methyl sites for hydroxylation is 1. The molecule has 1 heterocycles. The monoisotopic (exact) mass is 233 g/mol. The van der Waals surface area contributed by atoms with Gasteiger partial charge in [0.1, 0.15) is 0 Å². The molecule has 0 saturated carbocycles. The predicted octanol–water partition coefficient (Wildman–Crippen LogP) is 3.00. The molecule has 2 N–H and O–H groups in total. The Morgan fingerprint density at radius 3 is 2.71 bits per heavy atom. The minimum absolute atomic E-state index is 0.481. The smallest absolute Gasteiger partial charge is 0.0576 e. The van der Waals surface area contributed by atoms with Crippen molar-refractivity contribution in [1.29, 1.82) is 0 Å². The molecule has 1 aliphatic rings. The lowest BCUT2D eigenvalue weighted by Crippen LogP contribution is -2.15. The van der Waals surface area contributed by atoms with E-state index in [-0.39, 0.29) is 0 Å². The second-order valence-electron chi connectivity index (χ2n) is 5.06. The van der Waals surface area contributed by atoms with Crippen molar-refractivity contribution in [3.8, 4) is 0 Å². The maximum absolute atomic E-state index is 5.89. The SMILES string of the molecule is Cc1ccc(C(CN)CCC2CCCO2)cc1. The van der Waals surface area contributed by atoms with Gasteiger partial charge >= 0.3 is 0 Å². The average molecular weight is 233 g/mol. The Morgan fingerprint density at radius 2 is 2.12 bits per heavy atom. The Kier molecular flexibility index (Phi) is 4.57. The number of hydrogen-bond donors (Lipinski definition) is 1. The first-order chi connectivity index (χ1) is 8.29. The van der Waals surface area contributed by atoms with Gasteiger partial charge in [-0.25, -0.2) is 0 Å². The van der Waals surface area contributed by atoms with E-state index in [4.69, 9.17) is 10.5 Å². The van der Waals surface area contributed by atoms with Crippen LogP contribution in [0.3, 0.4) is 0 Å². The zero-order chi connectivity index (χ0) is 12.1. The Hall–Kier alpha value is -0.860. The van der Waals surface area contributed by atoms with E-state index in [9.17, 15) is 0 Å². The molecule has 94 valence electrons. The zero-order valence-corrected chi connectivity index (χ0v) is 10.7. The van der Waals surface area contributed by atoms with Crippen LogP contribution in [0.4, 0.5) is 0 Å². The molecule has 0 bridgehead atoms. The van der Waals surface area contributed by atoms with Gasteiger partial charge in [0.25, 0.3) is 0 Å². The molecule has 0 aromatic heterocycles. The van der Waals surface area contributed by atoms with Crippen LogP contribution in [-0.2, 0) is 4.74 Å². The second-order valence-corrected chi connectivity index (χ2v) is 5.06. The molecule has 0 aliphatic carbocycles. The van der Waals surface area contributed by atoms with Crippen molar-refractivity contribution >= 4 is 0 Å². The van der Waals surface area contributed by atoms with E-state index >= 15 is 0 Å². The van der Waals surface area contributed by atoms with Crippen molar-refractivity contribution in [2.45, 2.75) is 44.6 Å². The Bertz CT molecular complexity index is 327. The first-order valence-electron chi connectivity index (χ1n) is 6.68. The Morgan fingerprint density at radius 1 is 1.35 bits per heavy atom. The molecule has 0 amide bonds. The maximum Gasteiger partial charge on any atom is 0.0576 e. The highest BCUT2D eigenvalue weighted by molar-refractivity contribution is 5.24. The van der Waals surface area contributed by atoms with Gasteiger partial charge in [-0.3, -0.25) is 0 Å². The molecule has 2 rings (SSSR count). The van der Waals surface area contributed by atoms with Gasteiger partial charge in [-0.2, -0.15) is 0 Å². The average Bonchev–Trinajstić information content (AvgIpc) is 2.85. The van der Waals surface area contributed by atoms with Gasteiger partial charge in [0.15, 0.2) is 0 Å². The normalized spacial score (nSPS) is 21.6. The van der Waals surface area contributed by atoms with E-state index in [0.717, 1.165) is 26.0 Å². The highest BCUT2D eigenvalue weighted by Gasteiger charge is 2.18.